The number of hydrogen-bond acceptors (Lipinski definition) is 4. The summed E-state index contributed by atoms with van der Waals surface area (Å²) in [5.41, 5.74) is 4.73. The highest BCUT2D eigenvalue weighted by atomic mass is 32.1. The van der Waals surface area contributed by atoms with Crippen molar-refractivity contribution in [2.45, 2.75) is 12.2 Å². The third-order valence-corrected chi connectivity index (χ3v) is 2.66. The predicted octanol–water partition coefficient (Wildman–Crippen LogP) is 2.10. The Morgan fingerprint density at radius 2 is 2.20 bits per heavy atom. The number of carbonyl (C=O) groups excluding carboxylic acids is 1. The van der Waals surface area contributed by atoms with Gasteiger partial charge in [-0.15, -0.1) is 11.3 Å². The Labute approximate surface area is 87.6 Å². The molecule has 1 heterocycles. The molecule has 1 atom stereocenters. The highest BCUT2D eigenvalue weighted by molar-refractivity contribution is 7.12. The van der Waals surface area contributed by atoms with Gasteiger partial charge < -0.3 is 10.5 Å². The van der Waals surface area contributed by atoms with Crippen LogP contribution in [0.3, 0.4) is 0 Å². The van der Waals surface area contributed by atoms with Gasteiger partial charge in [-0.2, -0.15) is 13.2 Å². The summed E-state index contributed by atoms with van der Waals surface area (Å²) in [6, 6.07) is -0.979. The van der Waals surface area contributed by atoms with Gasteiger partial charge in [-0.25, -0.2) is 4.79 Å². The standard InChI is InChI=1S/C8H8F3NO2S/c1-14-7(13)5-4(2-3-15-5)6(12)8(9,10)11/h2-3,6H,12H2,1H3. The maximum absolute atomic E-state index is 12.3. The molecule has 7 heteroatoms. The maximum atomic E-state index is 12.3. The average Bonchev–Trinajstić information content (AvgIpc) is 2.62. The third-order valence-electron chi connectivity index (χ3n) is 1.75. The van der Waals surface area contributed by atoms with E-state index >= 15 is 0 Å². The first-order chi connectivity index (χ1) is 6.88. The molecule has 0 aliphatic heterocycles. The summed E-state index contributed by atoms with van der Waals surface area (Å²) < 4.78 is 41.2. The van der Waals surface area contributed by atoms with Crippen molar-refractivity contribution in [3.63, 3.8) is 0 Å². The van der Waals surface area contributed by atoms with Crippen LogP contribution in [-0.4, -0.2) is 19.3 Å². The zero-order valence-electron chi connectivity index (χ0n) is 7.67. The molecule has 1 rings (SSSR count). The fraction of sp³-hybridized carbons (Fsp3) is 0.375. The number of methoxy groups -OCH3 is 1. The van der Waals surface area contributed by atoms with Crippen molar-refractivity contribution in [2.75, 3.05) is 7.11 Å². The second-order valence-electron chi connectivity index (χ2n) is 2.72. The quantitative estimate of drug-likeness (QED) is 0.804. The molecule has 0 radical (unpaired) electrons. The molecule has 0 aromatic carbocycles. The zero-order valence-corrected chi connectivity index (χ0v) is 8.48. The lowest BCUT2D eigenvalue weighted by atomic mass is 10.1. The van der Waals surface area contributed by atoms with Gasteiger partial charge in [0.25, 0.3) is 0 Å². The van der Waals surface area contributed by atoms with Crippen molar-refractivity contribution < 1.29 is 22.7 Å². The van der Waals surface area contributed by atoms with Crippen molar-refractivity contribution in [2.24, 2.45) is 5.73 Å². The summed E-state index contributed by atoms with van der Waals surface area (Å²) in [5.74, 6) is -0.806. The van der Waals surface area contributed by atoms with Crippen molar-refractivity contribution in [3.8, 4) is 0 Å². The van der Waals surface area contributed by atoms with E-state index in [1.807, 2.05) is 0 Å². The molecule has 15 heavy (non-hydrogen) atoms. The number of nitrogens with two attached hydrogens (primary N) is 1. The summed E-state index contributed by atoms with van der Waals surface area (Å²) in [4.78, 5) is 11.0. The number of rotatable bonds is 2. The molecule has 0 aliphatic rings. The lowest BCUT2D eigenvalue weighted by molar-refractivity contribution is -0.149. The molecule has 1 unspecified atom stereocenters. The second kappa shape index (κ2) is 4.19. The zero-order chi connectivity index (χ0) is 11.6. The minimum Gasteiger partial charge on any atom is -0.465 e. The predicted molar refractivity (Wildman–Crippen MR) is 48.6 cm³/mol. The molecule has 84 valence electrons. The van der Waals surface area contributed by atoms with Crippen LogP contribution in [0.15, 0.2) is 11.4 Å². The van der Waals surface area contributed by atoms with Crippen LogP contribution >= 0.6 is 11.3 Å². The number of esters is 1. The molecular formula is C8H8F3NO2S. The summed E-state index contributed by atoms with van der Waals surface area (Å²) in [6.45, 7) is 0. The molecular weight excluding hydrogens is 231 g/mol. The van der Waals surface area contributed by atoms with Gasteiger partial charge in [0, 0.05) is 5.56 Å². The highest BCUT2D eigenvalue weighted by Crippen LogP contribution is 2.34. The van der Waals surface area contributed by atoms with Crippen LogP contribution in [0.25, 0.3) is 0 Å². The fourth-order valence-electron chi connectivity index (χ4n) is 0.999. The normalized spacial score (nSPS) is 13.7. The van der Waals surface area contributed by atoms with Gasteiger partial charge in [0.1, 0.15) is 10.9 Å². The number of ether oxygens (including phenoxy) is 1. The Hall–Kier alpha value is -1.08. The van der Waals surface area contributed by atoms with Crippen LogP contribution in [0, 0.1) is 0 Å². The van der Waals surface area contributed by atoms with Gasteiger partial charge in [-0.3, -0.25) is 0 Å². The molecule has 0 spiro atoms. The number of alkyl halides is 3. The number of hydrogen-bond donors (Lipinski definition) is 1. The summed E-state index contributed by atoms with van der Waals surface area (Å²) in [6.07, 6.45) is -4.57. The van der Waals surface area contributed by atoms with Crippen LogP contribution in [0.4, 0.5) is 13.2 Å². The van der Waals surface area contributed by atoms with E-state index in [1.165, 1.54) is 11.4 Å². The molecule has 3 nitrogen and oxygen atoms in total. The second-order valence-corrected chi connectivity index (χ2v) is 3.63. The van der Waals surface area contributed by atoms with Crippen molar-refractivity contribution in [1.82, 2.24) is 0 Å². The fourth-order valence-corrected chi connectivity index (χ4v) is 1.86. The monoisotopic (exact) mass is 239 g/mol. The Morgan fingerprint density at radius 3 is 2.67 bits per heavy atom. The van der Waals surface area contributed by atoms with E-state index in [9.17, 15) is 18.0 Å². The highest BCUT2D eigenvalue weighted by Gasteiger charge is 2.40. The molecule has 0 fully saturated rings. The van der Waals surface area contributed by atoms with Crippen LogP contribution in [0.2, 0.25) is 0 Å². The minimum absolute atomic E-state index is 0.109. The maximum Gasteiger partial charge on any atom is 0.407 e. The molecule has 0 aliphatic carbocycles. The minimum atomic E-state index is -4.57. The lowest BCUT2D eigenvalue weighted by Crippen LogP contribution is -2.29. The molecule has 1 aromatic heterocycles. The topological polar surface area (TPSA) is 52.3 Å². The number of thiophene rings is 1. The van der Waals surface area contributed by atoms with Gasteiger partial charge in [0.2, 0.25) is 0 Å². The van der Waals surface area contributed by atoms with Crippen molar-refractivity contribution in [1.29, 1.82) is 0 Å². The van der Waals surface area contributed by atoms with E-state index in [4.69, 9.17) is 5.73 Å². The van der Waals surface area contributed by atoms with Crippen LogP contribution in [-0.2, 0) is 4.74 Å². The van der Waals surface area contributed by atoms with Crippen LogP contribution in [0.5, 0.6) is 0 Å². The first kappa shape index (κ1) is 12.0. The Kier molecular flexibility index (Phi) is 3.35. The third kappa shape index (κ3) is 2.48. The molecule has 2 N–H and O–H groups in total. The van der Waals surface area contributed by atoms with E-state index in [0.29, 0.717) is 0 Å². The van der Waals surface area contributed by atoms with Crippen molar-refractivity contribution in [3.05, 3.63) is 21.9 Å². The van der Waals surface area contributed by atoms with E-state index < -0.39 is 18.2 Å². The van der Waals surface area contributed by atoms with Gasteiger partial charge in [-0.05, 0) is 11.4 Å². The Morgan fingerprint density at radius 1 is 1.60 bits per heavy atom. The molecule has 0 amide bonds. The van der Waals surface area contributed by atoms with Gasteiger partial charge in [0.05, 0.1) is 7.11 Å². The average molecular weight is 239 g/mol. The smallest absolute Gasteiger partial charge is 0.407 e. The largest absolute Gasteiger partial charge is 0.465 e. The summed E-state index contributed by atoms with van der Waals surface area (Å²) in [7, 11) is 1.10. The van der Waals surface area contributed by atoms with E-state index in [0.717, 1.165) is 18.4 Å². The van der Waals surface area contributed by atoms with Crippen LogP contribution < -0.4 is 5.73 Å². The molecule has 0 saturated carbocycles. The van der Waals surface area contributed by atoms with Crippen molar-refractivity contribution >= 4 is 17.3 Å². The van der Waals surface area contributed by atoms with E-state index in [-0.39, 0.29) is 10.4 Å². The molecule has 0 bridgehead atoms. The van der Waals surface area contributed by atoms with Gasteiger partial charge in [-0.1, -0.05) is 0 Å². The van der Waals surface area contributed by atoms with E-state index in [2.05, 4.69) is 4.74 Å². The Balaban J connectivity index is 3.05. The number of halogens is 3. The molecule has 0 saturated heterocycles. The van der Waals surface area contributed by atoms with E-state index in [1.54, 1.807) is 0 Å². The first-order valence-electron chi connectivity index (χ1n) is 3.86. The summed E-state index contributed by atoms with van der Waals surface area (Å²) >= 11 is 0.872. The van der Waals surface area contributed by atoms with Gasteiger partial charge in [0.15, 0.2) is 0 Å². The number of carbonyl (C=O) groups is 1. The Bertz CT molecular complexity index is 361. The summed E-state index contributed by atoms with van der Waals surface area (Å²) in [5, 5.41) is 1.37. The first-order valence-corrected chi connectivity index (χ1v) is 4.74. The molecule has 1 aromatic rings. The lowest BCUT2D eigenvalue weighted by Gasteiger charge is -2.15. The van der Waals surface area contributed by atoms with Crippen LogP contribution in [0.1, 0.15) is 21.3 Å². The van der Waals surface area contributed by atoms with Gasteiger partial charge >= 0.3 is 12.1 Å². The SMILES string of the molecule is COC(=O)c1sccc1C(N)C(F)(F)F.